The molecule has 0 saturated carbocycles. The topological polar surface area (TPSA) is 117 Å². The molecule has 25 heavy (non-hydrogen) atoms. The van der Waals surface area contributed by atoms with Gasteiger partial charge < -0.3 is 14.5 Å². The second-order valence-corrected chi connectivity index (χ2v) is 7.22. The van der Waals surface area contributed by atoms with Gasteiger partial charge >= 0.3 is 6.03 Å². The number of carbonyl (C=O) groups is 1. The molecule has 0 unspecified atom stereocenters. The van der Waals surface area contributed by atoms with Crippen molar-refractivity contribution in [1.82, 2.24) is 25.2 Å². The maximum absolute atomic E-state index is 12.6. The lowest BCUT2D eigenvalue weighted by Crippen LogP contribution is -2.36. The molecule has 9 heteroatoms. The highest BCUT2D eigenvalue weighted by atomic mass is 16.5. The van der Waals surface area contributed by atoms with E-state index in [0.29, 0.717) is 24.0 Å². The molecule has 3 rings (SSSR count). The number of likely N-dealkylation sites (tertiary alicyclic amines) is 1. The van der Waals surface area contributed by atoms with E-state index in [0.717, 1.165) is 5.69 Å². The van der Waals surface area contributed by atoms with Crippen LogP contribution in [-0.4, -0.2) is 49.0 Å². The molecule has 3 heterocycles. The number of carbonyl (C=O) groups excluding carboxylic acids is 1. The number of β-amino-alcohol motifs (C(OH)–C–C–N with tert-alkyl or cyclic N) is 1. The van der Waals surface area contributed by atoms with Crippen molar-refractivity contribution < 1.29 is 14.4 Å². The van der Waals surface area contributed by atoms with Gasteiger partial charge in [-0.3, -0.25) is 5.32 Å². The summed E-state index contributed by atoms with van der Waals surface area (Å²) in [7, 11) is 0. The van der Waals surface area contributed by atoms with Crippen LogP contribution >= 0.6 is 0 Å². The lowest BCUT2D eigenvalue weighted by molar-refractivity contribution is 0.174. The van der Waals surface area contributed by atoms with E-state index < -0.39 is 18.2 Å². The molecule has 0 aliphatic carbocycles. The molecule has 2 aromatic heterocycles. The number of nitrogens with zero attached hydrogens (tertiary/aromatic N) is 5. The highest BCUT2D eigenvalue weighted by Crippen LogP contribution is 2.31. The Morgan fingerprint density at radius 1 is 1.36 bits per heavy atom. The van der Waals surface area contributed by atoms with Gasteiger partial charge in [0.15, 0.2) is 11.6 Å². The summed E-state index contributed by atoms with van der Waals surface area (Å²) in [6.45, 7) is 8.01. The largest absolute Gasteiger partial charge is 0.391 e. The molecule has 134 valence electrons. The number of amides is 2. The monoisotopic (exact) mass is 346 g/mol. The summed E-state index contributed by atoms with van der Waals surface area (Å²) in [4.78, 5) is 18.2. The lowest BCUT2D eigenvalue weighted by atomic mass is 9.92. The average Bonchev–Trinajstić information content (AvgIpc) is 3.12. The van der Waals surface area contributed by atoms with Crippen LogP contribution < -0.4 is 5.32 Å². The minimum atomic E-state index is -0.641. The first-order valence-electron chi connectivity index (χ1n) is 8.14. The zero-order valence-electron chi connectivity index (χ0n) is 14.7. The molecule has 0 aromatic carbocycles. The summed E-state index contributed by atoms with van der Waals surface area (Å²) in [6, 6.07) is 2.69. The Morgan fingerprint density at radius 3 is 2.68 bits per heavy atom. The van der Waals surface area contributed by atoms with Crippen molar-refractivity contribution in [2.24, 2.45) is 0 Å². The minimum Gasteiger partial charge on any atom is -0.391 e. The lowest BCUT2D eigenvalue weighted by Gasteiger charge is -2.22. The van der Waals surface area contributed by atoms with Gasteiger partial charge in [-0.1, -0.05) is 25.9 Å². The Hall–Kier alpha value is -2.55. The first-order chi connectivity index (χ1) is 11.7. The molecule has 9 nitrogen and oxygen atoms in total. The summed E-state index contributed by atoms with van der Waals surface area (Å²) in [5.74, 6) is 1.15. The normalized spacial score (nSPS) is 20.8. The number of rotatable bonds is 2. The Labute approximate surface area is 145 Å². The van der Waals surface area contributed by atoms with Crippen molar-refractivity contribution in [2.75, 3.05) is 11.9 Å². The third-order valence-electron chi connectivity index (χ3n) is 4.04. The van der Waals surface area contributed by atoms with Crippen molar-refractivity contribution in [2.45, 2.75) is 51.7 Å². The van der Waals surface area contributed by atoms with E-state index in [9.17, 15) is 9.90 Å². The van der Waals surface area contributed by atoms with Gasteiger partial charge in [0.25, 0.3) is 0 Å². The summed E-state index contributed by atoms with van der Waals surface area (Å²) >= 11 is 0. The van der Waals surface area contributed by atoms with Crippen molar-refractivity contribution >= 4 is 11.8 Å². The number of hydrogen-bond acceptors (Lipinski definition) is 7. The smallest absolute Gasteiger partial charge is 0.323 e. The number of anilines is 1. The van der Waals surface area contributed by atoms with Gasteiger partial charge in [0, 0.05) is 18.4 Å². The Balaban J connectivity index is 1.73. The van der Waals surface area contributed by atoms with E-state index in [2.05, 4.69) is 25.7 Å². The number of aliphatic hydroxyl groups excluding tert-OH is 1. The number of hydrogen-bond donors (Lipinski definition) is 2. The van der Waals surface area contributed by atoms with E-state index in [4.69, 9.17) is 4.52 Å². The van der Waals surface area contributed by atoms with Gasteiger partial charge in [-0.05, 0) is 19.1 Å². The van der Waals surface area contributed by atoms with E-state index in [1.54, 1.807) is 13.0 Å². The van der Waals surface area contributed by atoms with E-state index in [-0.39, 0.29) is 12.0 Å². The number of aromatic nitrogens is 4. The predicted molar refractivity (Wildman–Crippen MR) is 88.9 cm³/mol. The van der Waals surface area contributed by atoms with Crippen LogP contribution in [0.15, 0.2) is 16.7 Å². The first kappa shape index (κ1) is 17.3. The second kappa shape index (κ2) is 6.40. The highest BCUT2D eigenvalue weighted by Gasteiger charge is 2.39. The molecule has 1 aliphatic heterocycles. The molecule has 0 bridgehead atoms. The van der Waals surface area contributed by atoms with Gasteiger partial charge in [0.05, 0.1) is 11.8 Å². The van der Waals surface area contributed by atoms with Crippen LogP contribution in [-0.2, 0) is 5.41 Å². The van der Waals surface area contributed by atoms with Crippen molar-refractivity contribution in [3.63, 3.8) is 0 Å². The van der Waals surface area contributed by atoms with Crippen LogP contribution in [0.2, 0.25) is 0 Å². The summed E-state index contributed by atoms with van der Waals surface area (Å²) in [5, 5.41) is 24.6. The second-order valence-electron chi connectivity index (χ2n) is 7.22. The standard InChI is InChI=1S/C16H22N6O3/c1-9-17-14(25-21-9)11-7-10(23)8-22(11)15(24)18-13-6-5-12(19-20-13)16(2,3)4/h5-6,10-11,23H,7-8H2,1-4H3,(H,18,20,24)/t10-,11+/m0/s1. The maximum Gasteiger partial charge on any atom is 0.323 e. The number of nitrogens with one attached hydrogen (secondary N) is 1. The van der Waals surface area contributed by atoms with Crippen LogP contribution in [0.3, 0.4) is 0 Å². The molecule has 2 aromatic rings. The van der Waals surface area contributed by atoms with Gasteiger partial charge in [0.2, 0.25) is 5.89 Å². The average molecular weight is 346 g/mol. The predicted octanol–water partition coefficient (Wildman–Crippen LogP) is 1.81. The zero-order chi connectivity index (χ0) is 18.2. The van der Waals surface area contributed by atoms with Crippen LogP contribution in [0.25, 0.3) is 0 Å². The van der Waals surface area contributed by atoms with Gasteiger partial charge in [-0.15, -0.1) is 5.10 Å². The Kier molecular flexibility index (Phi) is 4.42. The first-order valence-corrected chi connectivity index (χ1v) is 8.14. The molecule has 1 fully saturated rings. The number of aryl methyl sites for hydroxylation is 1. The van der Waals surface area contributed by atoms with E-state index in [1.807, 2.05) is 26.8 Å². The van der Waals surface area contributed by atoms with Gasteiger partial charge in [0.1, 0.15) is 6.04 Å². The minimum absolute atomic E-state index is 0.116. The summed E-state index contributed by atoms with van der Waals surface area (Å²) in [5.41, 5.74) is 0.719. The van der Waals surface area contributed by atoms with Crippen LogP contribution in [0.5, 0.6) is 0 Å². The number of aliphatic hydroxyl groups is 1. The van der Waals surface area contributed by atoms with Crippen molar-refractivity contribution in [3.8, 4) is 0 Å². The van der Waals surface area contributed by atoms with Gasteiger partial charge in [-0.25, -0.2) is 4.79 Å². The molecule has 1 aliphatic rings. The Morgan fingerprint density at radius 2 is 2.12 bits per heavy atom. The maximum atomic E-state index is 12.6. The van der Waals surface area contributed by atoms with Crippen molar-refractivity contribution in [3.05, 3.63) is 29.5 Å². The van der Waals surface area contributed by atoms with Gasteiger partial charge in [-0.2, -0.15) is 10.1 Å². The molecule has 0 spiro atoms. The third kappa shape index (κ3) is 3.76. The quantitative estimate of drug-likeness (QED) is 0.851. The fourth-order valence-electron chi connectivity index (χ4n) is 2.70. The summed E-state index contributed by atoms with van der Waals surface area (Å²) in [6.07, 6.45) is -0.290. The van der Waals surface area contributed by atoms with Crippen LogP contribution in [0, 0.1) is 6.92 Å². The SMILES string of the molecule is Cc1noc([C@H]2C[C@H](O)CN2C(=O)Nc2ccc(C(C)(C)C)nn2)n1. The fourth-order valence-corrected chi connectivity index (χ4v) is 2.70. The van der Waals surface area contributed by atoms with Crippen LogP contribution in [0.4, 0.5) is 10.6 Å². The van der Waals surface area contributed by atoms with E-state index in [1.165, 1.54) is 4.90 Å². The molecular formula is C16H22N6O3. The molecule has 2 atom stereocenters. The number of urea groups is 1. The highest BCUT2D eigenvalue weighted by molar-refractivity contribution is 5.88. The fraction of sp³-hybridized carbons (Fsp3) is 0.562. The molecular weight excluding hydrogens is 324 g/mol. The molecule has 1 saturated heterocycles. The summed E-state index contributed by atoms with van der Waals surface area (Å²) < 4.78 is 5.16. The molecule has 0 radical (unpaired) electrons. The molecule has 2 N–H and O–H groups in total. The zero-order valence-corrected chi connectivity index (χ0v) is 14.7. The molecule has 2 amide bonds. The van der Waals surface area contributed by atoms with Crippen LogP contribution in [0.1, 0.15) is 50.6 Å². The van der Waals surface area contributed by atoms with E-state index >= 15 is 0 Å². The van der Waals surface area contributed by atoms with Crippen molar-refractivity contribution in [1.29, 1.82) is 0 Å². The third-order valence-corrected chi connectivity index (χ3v) is 4.04. The Bertz CT molecular complexity index is 752.